The van der Waals surface area contributed by atoms with Gasteiger partial charge >= 0.3 is 11.9 Å². The summed E-state index contributed by atoms with van der Waals surface area (Å²) in [6, 6.07) is 0. The molecule has 0 amide bonds. The van der Waals surface area contributed by atoms with Gasteiger partial charge in [-0.05, 0) is 6.42 Å². The highest BCUT2D eigenvalue weighted by Crippen LogP contribution is 2.12. The molecule has 0 rings (SSSR count). The highest BCUT2D eigenvalue weighted by molar-refractivity contribution is 5.66. The molecule has 0 aliphatic carbocycles. The normalized spacial score (nSPS) is 11.0. The molecule has 1 atom stereocenters. The quantitative estimate of drug-likeness (QED) is 0.168. The van der Waals surface area contributed by atoms with Gasteiger partial charge in [0, 0.05) is 19.4 Å². The van der Waals surface area contributed by atoms with E-state index in [2.05, 4.69) is 6.92 Å². The predicted octanol–water partition coefficient (Wildman–Crippen LogP) is 5.80. The van der Waals surface area contributed by atoms with E-state index in [-0.39, 0.29) is 26.1 Å². The summed E-state index contributed by atoms with van der Waals surface area (Å²) in [4.78, 5) is 18.7. The van der Waals surface area contributed by atoms with Crippen molar-refractivity contribution >= 4 is 11.9 Å². The molecule has 0 spiro atoms. The highest BCUT2D eigenvalue weighted by atomic mass is 16.5. The molecule has 7 heteroatoms. The molecule has 0 radical (unpaired) electrons. The van der Waals surface area contributed by atoms with Crippen molar-refractivity contribution in [3.05, 3.63) is 0 Å². The fourth-order valence-electron chi connectivity index (χ4n) is 2.67. The first kappa shape index (κ1) is 35.4. The Morgan fingerprint density at radius 2 is 0.969 bits per heavy atom. The minimum Gasteiger partial charge on any atom is -0.481 e. The van der Waals surface area contributed by atoms with Gasteiger partial charge in [-0.25, -0.2) is 0 Å². The third-order valence-electron chi connectivity index (χ3n) is 4.77. The Balaban J connectivity index is -0.000000695. The molecular formula is C25H52O7. The van der Waals surface area contributed by atoms with Crippen LogP contribution in [0.25, 0.3) is 0 Å². The number of hydrogen-bond acceptors (Lipinski definition) is 5. The van der Waals surface area contributed by atoms with E-state index in [1.165, 1.54) is 83.5 Å². The van der Waals surface area contributed by atoms with E-state index < -0.39 is 18.0 Å². The van der Waals surface area contributed by atoms with E-state index in [1.54, 1.807) is 13.8 Å². The first-order valence-electron chi connectivity index (χ1n) is 12.7. The molecule has 32 heavy (non-hydrogen) atoms. The van der Waals surface area contributed by atoms with Crippen LogP contribution in [0.4, 0.5) is 0 Å². The summed E-state index contributed by atoms with van der Waals surface area (Å²) in [6.45, 7) is 6.22. The van der Waals surface area contributed by atoms with E-state index in [9.17, 15) is 9.59 Å². The Hall–Kier alpha value is -1.18. The van der Waals surface area contributed by atoms with Crippen molar-refractivity contribution in [3.8, 4) is 0 Å². The molecule has 0 aliphatic heterocycles. The van der Waals surface area contributed by atoms with Crippen molar-refractivity contribution in [2.45, 2.75) is 130 Å². The van der Waals surface area contributed by atoms with E-state index >= 15 is 0 Å². The topological polar surface area (TPSA) is 124 Å². The maximum absolute atomic E-state index is 9.37. The molecule has 0 aromatic heterocycles. The molecule has 0 fully saturated rings. The summed E-state index contributed by atoms with van der Waals surface area (Å²) in [5.74, 6) is -1.49. The summed E-state index contributed by atoms with van der Waals surface area (Å²) in [5.41, 5.74) is 0. The second kappa shape index (κ2) is 32.0. The van der Waals surface area contributed by atoms with Crippen molar-refractivity contribution in [3.63, 3.8) is 0 Å². The molecule has 194 valence electrons. The van der Waals surface area contributed by atoms with E-state index in [0.29, 0.717) is 6.61 Å². The number of aliphatic hydroxyl groups excluding tert-OH is 2. The van der Waals surface area contributed by atoms with Crippen LogP contribution in [0.3, 0.4) is 0 Å². The smallest absolute Gasteiger partial charge is 0.303 e. The van der Waals surface area contributed by atoms with Crippen LogP contribution in [0.2, 0.25) is 0 Å². The van der Waals surface area contributed by atoms with Gasteiger partial charge in [0.2, 0.25) is 0 Å². The highest BCUT2D eigenvalue weighted by Gasteiger charge is 2.00. The van der Waals surface area contributed by atoms with Crippen LogP contribution in [0.5, 0.6) is 0 Å². The summed E-state index contributed by atoms with van der Waals surface area (Å²) in [5, 5.41) is 33.2. The molecule has 0 aromatic rings. The lowest BCUT2D eigenvalue weighted by atomic mass is 10.0. The van der Waals surface area contributed by atoms with Crippen LogP contribution in [0.1, 0.15) is 124 Å². The van der Waals surface area contributed by atoms with Crippen molar-refractivity contribution in [1.82, 2.24) is 0 Å². The second-order valence-electron chi connectivity index (χ2n) is 8.00. The van der Waals surface area contributed by atoms with Crippen LogP contribution < -0.4 is 0 Å². The first-order chi connectivity index (χ1) is 15.3. The lowest BCUT2D eigenvalue weighted by Crippen LogP contribution is -2.19. The minimum atomic E-state index is -0.745. The molecule has 0 aliphatic rings. The van der Waals surface area contributed by atoms with E-state index in [4.69, 9.17) is 25.2 Å². The molecule has 7 nitrogen and oxygen atoms in total. The van der Waals surface area contributed by atoms with Crippen LogP contribution in [0, 0.1) is 0 Å². The Kier molecular flexibility index (Phi) is 35.4. The second-order valence-corrected chi connectivity index (χ2v) is 8.00. The van der Waals surface area contributed by atoms with E-state index in [0.717, 1.165) is 6.42 Å². The van der Waals surface area contributed by atoms with Gasteiger partial charge in [0.1, 0.15) is 6.10 Å². The fourth-order valence-corrected chi connectivity index (χ4v) is 2.67. The number of carboxylic acids is 2. The minimum absolute atomic E-state index is 0.210. The van der Waals surface area contributed by atoms with Crippen LogP contribution in [-0.2, 0) is 14.3 Å². The fraction of sp³-hybridized carbons (Fsp3) is 0.920. The summed E-state index contributed by atoms with van der Waals surface area (Å²) in [7, 11) is 0. The Morgan fingerprint density at radius 1 is 0.656 bits per heavy atom. The Labute approximate surface area is 196 Å². The maximum atomic E-state index is 9.37. The van der Waals surface area contributed by atoms with Crippen molar-refractivity contribution < 1.29 is 34.8 Å². The number of ether oxygens (including phenoxy) is 1. The van der Waals surface area contributed by atoms with Gasteiger partial charge in [0.05, 0.1) is 13.2 Å². The molecule has 4 N–H and O–H groups in total. The Bertz CT molecular complexity index is 361. The van der Waals surface area contributed by atoms with Crippen LogP contribution in [-0.4, -0.2) is 58.3 Å². The molecular weight excluding hydrogens is 412 g/mol. The predicted molar refractivity (Wildman–Crippen MR) is 130 cm³/mol. The summed E-state index contributed by atoms with van der Waals surface area (Å²) in [6.07, 6.45) is 18.7. The van der Waals surface area contributed by atoms with Gasteiger partial charge in [-0.1, -0.05) is 104 Å². The van der Waals surface area contributed by atoms with Gasteiger partial charge in [0.25, 0.3) is 0 Å². The number of unbranched alkanes of at least 4 members (excludes halogenated alkanes) is 13. The Morgan fingerprint density at radius 3 is 1.25 bits per heavy atom. The summed E-state index contributed by atoms with van der Waals surface area (Å²) < 4.78 is 5.28. The third-order valence-corrected chi connectivity index (χ3v) is 4.77. The monoisotopic (exact) mass is 464 g/mol. The molecule has 0 saturated heterocycles. The number of carboxylic acid groups (broad SMARTS) is 2. The van der Waals surface area contributed by atoms with Gasteiger partial charge in [0.15, 0.2) is 0 Å². The number of aliphatic carboxylic acids is 2. The van der Waals surface area contributed by atoms with Crippen molar-refractivity contribution in [2.24, 2.45) is 0 Å². The molecule has 0 saturated carbocycles. The number of aliphatic hydroxyl groups is 2. The van der Waals surface area contributed by atoms with Crippen molar-refractivity contribution in [2.75, 3.05) is 19.8 Å². The third kappa shape index (κ3) is 42.8. The zero-order chi connectivity index (χ0) is 24.9. The van der Waals surface area contributed by atoms with Gasteiger partial charge in [-0.3, -0.25) is 9.59 Å². The number of hydrogen-bond donors (Lipinski definition) is 4. The average Bonchev–Trinajstić information content (AvgIpc) is 2.79. The lowest BCUT2D eigenvalue weighted by molar-refractivity contribution is -0.137. The van der Waals surface area contributed by atoms with Crippen LogP contribution in [0.15, 0.2) is 0 Å². The van der Waals surface area contributed by atoms with Gasteiger partial charge in [-0.15, -0.1) is 0 Å². The average molecular weight is 465 g/mol. The largest absolute Gasteiger partial charge is 0.481 e. The standard InChI is InChI=1S/C19H40O3.2C3H6O2/c1-2-3-4-5-6-7-8-9-10-11-12-13-14-15-16-22-18-19(21)17-20;2*1-2-3(4)5/h19-21H,2-18H2,1H3;2*2H2,1H3,(H,4,5)/t19-;;/m1../s1. The first-order valence-corrected chi connectivity index (χ1v) is 12.7. The van der Waals surface area contributed by atoms with Crippen molar-refractivity contribution in [1.29, 1.82) is 0 Å². The molecule has 0 aromatic carbocycles. The van der Waals surface area contributed by atoms with Crippen LogP contribution >= 0.6 is 0 Å². The molecule has 0 unspecified atom stereocenters. The number of carbonyl (C=O) groups is 2. The zero-order valence-corrected chi connectivity index (χ0v) is 21.0. The SMILES string of the molecule is CCC(=O)O.CCC(=O)O.CCCCCCCCCCCCCCCCOC[C@H](O)CO. The summed E-state index contributed by atoms with van der Waals surface area (Å²) >= 11 is 0. The lowest BCUT2D eigenvalue weighted by Gasteiger charge is -2.08. The maximum Gasteiger partial charge on any atom is 0.303 e. The zero-order valence-electron chi connectivity index (χ0n) is 21.0. The molecule has 0 bridgehead atoms. The number of rotatable bonds is 20. The van der Waals surface area contributed by atoms with E-state index in [1.807, 2.05) is 0 Å². The molecule has 0 heterocycles. The van der Waals surface area contributed by atoms with Gasteiger partial charge < -0.3 is 25.2 Å². The van der Waals surface area contributed by atoms with Gasteiger partial charge in [-0.2, -0.15) is 0 Å².